The van der Waals surface area contributed by atoms with Gasteiger partial charge in [-0.25, -0.2) is 9.36 Å². The maximum absolute atomic E-state index is 12.4. The van der Waals surface area contributed by atoms with Gasteiger partial charge in [0.25, 0.3) is 0 Å². The molecular weight excluding hydrogens is 266 g/mol. The Bertz CT molecular complexity index is 799. The fraction of sp³-hybridized carbons (Fsp3) is 0.125. The van der Waals surface area contributed by atoms with Crippen molar-refractivity contribution in [1.29, 1.82) is 0 Å². The molecule has 1 heterocycles. The van der Waals surface area contributed by atoms with Crippen LogP contribution in [0.25, 0.3) is 11.4 Å². The molecule has 0 aliphatic heterocycles. The summed E-state index contributed by atoms with van der Waals surface area (Å²) in [5, 5.41) is 4.17. The third-order valence-electron chi connectivity index (χ3n) is 3.30. The first-order valence-corrected chi connectivity index (χ1v) is 6.57. The predicted octanol–water partition coefficient (Wildman–Crippen LogP) is 2.34. The van der Waals surface area contributed by atoms with Gasteiger partial charge >= 0.3 is 5.69 Å². The van der Waals surface area contributed by atoms with Crippen molar-refractivity contribution in [3.8, 4) is 17.1 Å². The lowest BCUT2D eigenvalue weighted by atomic mass is 10.2. The van der Waals surface area contributed by atoms with Gasteiger partial charge in [0.1, 0.15) is 12.1 Å². The highest BCUT2D eigenvalue weighted by Gasteiger charge is 2.08. The van der Waals surface area contributed by atoms with Crippen molar-refractivity contribution < 1.29 is 4.74 Å². The molecule has 5 nitrogen and oxygen atoms in total. The maximum atomic E-state index is 12.4. The first kappa shape index (κ1) is 13.2. The van der Waals surface area contributed by atoms with Crippen molar-refractivity contribution in [2.75, 3.05) is 7.11 Å². The molecule has 2 aromatic carbocycles. The second-order valence-corrected chi connectivity index (χ2v) is 4.73. The summed E-state index contributed by atoms with van der Waals surface area (Å²) < 4.78 is 7.99. The number of rotatable bonds is 3. The number of methoxy groups -OCH3 is 1. The van der Waals surface area contributed by atoms with E-state index in [-0.39, 0.29) is 5.69 Å². The van der Waals surface area contributed by atoms with E-state index in [0.717, 1.165) is 17.0 Å². The van der Waals surface area contributed by atoms with Gasteiger partial charge in [-0.2, -0.15) is 9.78 Å². The number of benzene rings is 2. The molecule has 0 atom stereocenters. The molecule has 0 N–H and O–H groups in total. The molecule has 0 spiro atoms. The Morgan fingerprint density at radius 3 is 2.19 bits per heavy atom. The van der Waals surface area contributed by atoms with Gasteiger partial charge in [0.15, 0.2) is 0 Å². The smallest absolute Gasteiger partial charge is 0.355 e. The molecule has 21 heavy (non-hydrogen) atoms. The third-order valence-corrected chi connectivity index (χ3v) is 3.30. The van der Waals surface area contributed by atoms with Crippen LogP contribution in [0.3, 0.4) is 0 Å². The number of aromatic nitrogens is 3. The largest absolute Gasteiger partial charge is 0.497 e. The zero-order valence-electron chi connectivity index (χ0n) is 11.9. The second-order valence-electron chi connectivity index (χ2n) is 4.73. The Kier molecular flexibility index (Phi) is 3.31. The lowest BCUT2D eigenvalue weighted by Gasteiger charge is -2.03. The predicted molar refractivity (Wildman–Crippen MR) is 80.5 cm³/mol. The van der Waals surface area contributed by atoms with E-state index in [4.69, 9.17) is 4.74 Å². The van der Waals surface area contributed by atoms with Crippen molar-refractivity contribution in [3.05, 3.63) is 70.9 Å². The Balaban J connectivity index is 2.02. The maximum Gasteiger partial charge on any atom is 0.355 e. The van der Waals surface area contributed by atoms with Crippen molar-refractivity contribution >= 4 is 0 Å². The second kappa shape index (κ2) is 5.28. The summed E-state index contributed by atoms with van der Waals surface area (Å²) in [7, 11) is 1.60. The van der Waals surface area contributed by atoms with Crippen LogP contribution in [0.1, 0.15) is 5.56 Å². The van der Waals surface area contributed by atoms with Crippen molar-refractivity contribution in [1.82, 2.24) is 14.3 Å². The van der Waals surface area contributed by atoms with Crippen LogP contribution in [0.15, 0.2) is 59.7 Å². The minimum absolute atomic E-state index is 0.205. The van der Waals surface area contributed by atoms with Gasteiger partial charge in [-0.1, -0.05) is 17.7 Å². The molecule has 0 aliphatic carbocycles. The van der Waals surface area contributed by atoms with Crippen molar-refractivity contribution in [3.63, 3.8) is 0 Å². The topological polar surface area (TPSA) is 49.0 Å². The summed E-state index contributed by atoms with van der Waals surface area (Å²) in [5.41, 5.74) is 2.44. The molecule has 1 aromatic heterocycles. The van der Waals surface area contributed by atoms with E-state index in [1.165, 1.54) is 15.6 Å². The van der Waals surface area contributed by atoms with Crippen LogP contribution in [0.4, 0.5) is 0 Å². The summed E-state index contributed by atoms with van der Waals surface area (Å²) in [6.45, 7) is 2.01. The standard InChI is InChI=1S/C16H15N3O2/c1-12-3-5-13(6-4-12)18-11-17-19(16(18)20)14-7-9-15(21-2)10-8-14/h3-11H,1-2H3. The fourth-order valence-corrected chi connectivity index (χ4v) is 2.09. The molecule has 0 saturated heterocycles. The zero-order valence-corrected chi connectivity index (χ0v) is 11.9. The number of hydrogen-bond donors (Lipinski definition) is 0. The first-order chi connectivity index (χ1) is 10.2. The van der Waals surface area contributed by atoms with Crippen LogP contribution in [0.2, 0.25) is 0 Å². The van der Waals surface area contributed by atoms with E-state index in [9.17, 15) is 4.79 Å². The molecule has 0 amide bonds. The molecule has 0 unspecified atom stereocenters. The van der Waals surface area contributed by atoms with E-state index in [2.05, 4.69) is 5.10 Å². The lowest BCUT2D eigenvalue weighted by molar-refractivity contribution is 0.414. The monoisotopic (exact) mass is 281 g/mol. The normalized spacial score (nSPS) is 10.6. The fourth-order valence-electron chi connectivity index (χ4n) is 2.09. The highest BCUT2D eigenvalue weighted by molar-refractivity contribution is 5.38. The summed E-state index contributed by atoms with van der Waals surface area (Å²) in [6.07, 6.45) is 1.53. The van der Waals surface area contributed by atoms with Crippen LogP contribution in [0, 0.1) is 6.92 Å². The van der Waals surface area contributed by atoms with Crippen LogP contribution in [0.5, 0.6) is 5.75 Å². The average molecular weight is 281 g/mol. The van der Waals surface area contributed by atoms with Gasteiger partial charge in [-0.3, -0.25) is 0 Å². The Labute approximate surface area is 122 Å². The molecule has 0 fully saturated rings. The van der Waals surface area contributed by atoms with Crippen LogP contribution >= 0.6 is 0 Å². The molecule has 0 aliphatic rings. The van der Waals surface area contributed by atoms with Gasteiger partial charge in [0.2, 0.25) is 0 Å². The Morgan fingerprint density at radius 1 is 0.952 bits per heavy atom. The minimum Gasteiger partial charge on any atom is -0.497 e. The molecule has 106 valence electrons. The lowest BCUT2D eigenvalue weighted by Crippen LogP contribution is -2.22. The summed E-state index contributed by atoms with van der Waals surface area (Å²) in [5.74, 6) is 0.741. The van der Waals surface area contributed by atoms with Gasteiger partial charge in [-0.05, 0) is 43.3 Å². The van der Waals surface area contributed by atoms with Crippen molar-refractivity contribution in [2.24, 2.45) is 0 Å². The van der Waals surface area contributed by atoms with Gasteiger partial charge in [0, 0.05) is 0 Å². The Hall–Kier alpha value is -2.82. The van der Waals surface area contributed by atoms with Crippen LogP contribution in [-0.4, -0.2) is 21.5 Å². The van der Waals surface area contributed by atoms with E-state index in [1.54, 1.807) is 31.4 Å². The quantitative estimate of drug-likeness (QED) is 0.740. The van der Waals surface area contributed by atoms with Gasteiger partial charge < -0.3 is 4.74 Å². The van der Waals surface area contributed by atoms with Crippen LogP contribution in [-0.2, 0) is 0 Å². The SMILES string of the molecule is COc1ccc(-n2ncn(-c3ccc(C)cc3)c2=O)cc1. The number of nitrogens with zero attached hydrogens (tertiary/aromatic N) is 3. The minimum atomic E-state index is -0.205. The molecule has 3 aromatic rings. The summed E-state index contributed by atoms with van der Waals surface area (Å²) in [6, 6.07) is 14.9. The first-order valence-electron chi connectivity index (χ1n) is 6.57. The van der Waals surface area contributed by atoms with Gasteiger partial charge in [0.05, 0.1) is 18.5 Å². The van der Waals surface area contributed by atoms with Gasteiger partial charge in [-0.15, -0.1) is 0 Å². The third kappa shape index (κ3) is 2.45. The summed E-state index contributed by atoms with van der Waals surface area (Å²) >= 11 is 0. The van der Waals surface area contributed by atoms with E-state index in [1.807, 2.05) is 31.2 Å². The summed E-state index contributed by atoms with van der Waals surface area (Å²) in [4.78, 5) is 12.4. The number of hydrogen-bond acceptors (Lipinski definition) is 3. The molecule has 0 saturated carbocycles. The van der Waals surface area contributed by atoms with E-state index < -0.39 is 0 Å². The average Bonchev–Trinajstić information content (AvgIpc) is 2.90. The molecule has 0 radical (unpaired) electrons. The molecule has 5 heteroatoms. The number of aryl methyl sites for hydroxylation is 1. The van der Waals surface area contributed by atoms with Crippen LogP contribution < -0.4 is 10.4 Å². The van der Waals surface area contributed by atoms with E-state index >= 15 is 0 Å². The molecular formula is C16H15N3O2. The highest BCUT2D eigenvalue weighted by atomic mass is 16.5. The van der Waals surface area contributed by atoms with E-state index in [0.29, 0.717) is 5.69 Å². The zero-order chi connectivity index (χ0) is 14.8. The highest BCUT2D eigenvalue weighted by Crippen LogP contribution is 2.13. The number of ether oxygens (including phenoxy) is 1. The molecule has 3 rings (SSSR count). The van der Waals surface area contributed by atoms with Crippen molar-refractivity contribution in [2.45, 2.75) is 6.92 Å². The Morgan fingerprint density at radius 2 is 1.57 bits per heavy atom. The molecule has 0 bridgehead atoms.